The van der Waals surface area contributed by atoms with Gasteiger partial charge in [-0.05, 0) is 42.4 Å². The molecule has 0 saturated carbocycles. The quantitative estimate of drug-likeness (QED) is 0.793. The van der Waals surface area contributed by atoms with Crippen molar-refractivity contribution in [3.63, 3.8) is 0 Å². The van der Waals surface area contributed by atoms with Crippen LogP contribution in [0.2, 0.25) is 10.0 Å². The maximum absolute atomic E-state index is 11.6. The van der Waals surface area contributed by atoms with Gasteiger partial charge in [-0.15, -0.1) is 0 Å². The van der Waals surface area contributed by atoms with E-state index in [1.807, 2.05) is 24.3 Å². The van der Waals surface area contributed by atoms with Gasteiger partial charge in [0.05, 0.1) is 16.6 Å². The van der Waals surface area contributed by atoms with Crippen molar-refractivity contribution in [2.24, 2.45) is 0 Å². The summed E-state index contributed by atoms with van der Waals surface area (Å²) in [6.45, 7) is 1.29. The van der Waals surface area contributed by atoms with Gasteiger partial charge in [0.2, 0.25) is 0 Å². The highest BCUT2D eigenvalue weighted by atomic mass is 35.5. The van der Waals surface area contributed by atoms with E-state index in [1.165, 1.54) is 0 Å². The van der Waals surface area contributed by atoms with Gasteiger partial charge in [-0.1, -0.05) is 47.5 Å². The minimum absolute atomic E-state index is 0.465. The van der Waals surface area contributed by atoms with Crippen LogP contribution in [0.4, 0.5) is 5.69 Å². The number of para-hydroxylation sites is 1. The Morgan fingerprint density at radius 3 is 2.62 bits per heavy atom. The molecule has 0 amide bonds. The normalized spacial score (nSPS) is 23.5. The molecule has 124 valence electrons. The fourth-order valence-electron chi connectivity index (χ4n) is 3.30. The summed E-state index contributed by atoms with van der Waals surface area (Å²) in [4.78, 5) is 2.19. The lowest BCUT2D eigenvalue weighted by molar-refractivity contribution is -0.656. The molecule has 0 aromatic heterocycles. The van der Waals surface area contributed by atoms with Gasteiger partial charge in [0, 0.05) is 11.3 Å². The number of thioether (sulfide) groups is 1. The molecule has 0 saturated heterocycles. The van der Waals surface area contributed by atoms with Gasteiger partial charge in [-0.25, -0.2) is 9.48 Å². The third-order valence-electron chi connectivity index (χ3n) is 4.49. The highest BCUT2D eigenvalue weighted by molar-refractivity contribution is 8.13. The van der Waals surface area contributed by atoms with E-state index in [0.717, 1.165) is 35.1 Å². The zero-order valence-electron chi connectivity index (χ0n) is 13.0. The Balaban J connectivity index is 1.81. The minimum Gasteiger partial charge on any atom is -0.346 e. The Bertz CT molecular complexity index is 812. The molecule has 6 heteroatoms. The lowest BCUT2D eigenvalue weighted by atomic mass is 10.0. The molecule has 4 rings (SSSR count). The van der Waals surface area contributed by atoms with Crippen molar-refractivity contribution in [1.82, 2.24) is 0 Å². The number of hydrogen-bond acceptors (Lipinski definition) is 3. The van der Waals surface area contributed by atoms with E-state index in [0.29, 0.717) is 16.6 Å². The Kier molecular flexibility index (Phi) is 4.25. The van der Waals surface area contributed by atoms with Crippen molar-refractivity contribution in [1.29, 1.82) is 0 Å². The number of rotatable bonds is 2. The zero-order chi connectivity index (χ0) is 16.7. The zero-order valence-corrected chi connectivity index (χ0v) is 15.3. The molecule has 1 atom stereocenters. The van der Waals surface area contributed by atoms with Crippen LogP contribution in [0.15, 0.2) is 48.5 Å². The molecule has 0 aliphatic carbocycles. The van der Waals surface area contributed by atoms with Gasteiger partial charge in [-0.2, -0.15) is 0 Å². The molecule has 1 unspecified atom stereocenters. The molecule has 0 fully saturated rings. The van der Waals surface area contributed by atoms with Crippen LogP contribution >= 0.6 is 35.0 Å². The predicted molar refractivity (Wildman–Crippen MR) is 101 cm³/mol. The van der Waals surface area contributed by atoms with Crippen LogP contribution in [0.5, 0.6) is 0 Å². The summed E-state index contributed by atoms with van der Waals surface area (Å²) in [5.41, 5.74) is 0.755. The molecule has 2 aliphatic rings. The average molecular weight is 380 g/mol. The third kappa shape index (κ3) is 2.62. The van der Waals surface area contributed by atoms with Crippen molar-refractivity contribution in [2.75, 3.05) is 23.7 Å². The summed E-state index contributed by atoms with van der Waals surface area (Å²) in [5.74, 6) is 1.06. The number of aliphatic hydroxyl groups is 1. The van der Waals surface area contributed by atoms with Crippen LogP contribution in [-0.4, -0.2) is 33.7 Å². The molecule has 2 aromatic rings. The van der Waals surface area contributed by atoms with Crippen LogP contribution in [0.1, 0.15) is 12.0 Å². The first-order chi connectivity index (χ1) is 11.6. The summed E-state index contributed by atoms with van der Waals surface area (Å²) in [6.07, 6.45) is 1.04. The largest absolute Gasteiger partial charge is 0.346 e. The first-order valence-corrected chi connectivity index (χ1v) is 9.62. The van der Waals surface area contributed by atoms with Crippen LogP contribution in [0.3, 0.4) is 0 Å². The molecule has 2 heterocycles. The summed E-state index contributed by atoms with van der Waals surface area (Å²) in [5, 5.41) is 13.6. The van der Waals surface area contributed by atoms with Gasteiger partial charge in [-0.3, -0.25) is 0 Å². The van der Waals surface area contributed by atoms with E-state index in [4.69, 9.17) is 23.2 Å². The molecule has 2 aromatic carbocycles. The van der Waals surface area contributed by atoms with E-state index in [2.05, 4.69) is 21.6 Å². The van der Waals surface area contributed by atoms with Gasteiger partial charge in [0.1, 0.15) is 5.69 Å². The Hall–Kier alpha value is -1.20. The fourth-order valence-corrected chi connectivity index (χ4v) is 4.78. The minimum atomic E-state index is -1.10. The van der Waals surface area contributed by atoms with Gasteiger partial charge >= 0.3 is 5.17 Å². The van der Waals surface area contributed by atoms with E-state index >= 15 is 0 Å². The number of β-amino-alcohol motifs (C(OH)–C–C–N with tert-alkyl or cyclic N) is 1. The maximum atomic E-state index is 11.6. The predicted octanol–water partition coefficient (Wildman–Crippen LogP) is 4.16. The number of benzene rings is 2. The molecule has 0 spiro atoms. The van der Waals surface area contributed by atoms with Crippen molar-refractivity contribution >= 4 is 45.8 Å². The second-order valence-electron chi connectivity index (χ2n) is 6.00. The summed E-state index contributed by atoms with van der Waals surface area (Å²) < 4.78 is 2.09. The Morgan fingerprint density at radius 1 is 1.08 bits per heavy atom. The van der Waals surface area contributed by atoms with E-state index in [-0.39, 0.29) is 0 Å². The summed E-state index contributed by atoms with van der Waals surface area (Å²) in [6, 6.07) is 15.6. The standard InChI is InChI=1S/C18H17Cl2N2OS/c19-15-8-7-13(11-16(15)20)18(23)12-21(14-5-2-1-3-6-14)17-22(18)9-4-10-24-17/h1-3,5-8,11,23H,4,9-10,12H2/q+1. The first-order valence-electron chi connectivity index (χ1n) is 7.87. The number of amidine groups is 1. The lowest BCUT2D eigenvalue weighted by Crippen LogP contribution is -2.41. The van der Waals surface area contributed by atoms with Crippen molar-refractivity contribution < 1.29 is 9.68 Å². The van der Waals surface area contributed by atoms with Crippen molar-refractivity contribution in [3.8, 4) is 0 Å². The lowest BCUT2D eigenvalue weighted by Gasteiger charge is -2.24. The number of nitrogens with zero attached hydrogens (tertiary/aromatic N) is 2. The molecule has 24 heavy (non-hydrogen) atoms. The SMILES string of the molecule is OC1(c2ccc(Cl)c(Cl)c2)CN(c2ccccc2)C2=[N+]1CCCS2. The number of halogens is 2. The second-order valence-corrected chi connectivity index (χ2v) is 7.88. The van der Waals surface area contributed by atoms with Crippen LogP contribution < -0.4 is 4.90 Å². The highest BCUT2D eigenvalue weighted by Gasteiger charge is 2.53. The van der Waals surface area contributed by atoms with Gasteiger partial charge < -0.3 is 5.11 Å². The molecule has 0 bridgehead atoms. The molecular weight excluding hydrogens is 363 g/mol. The van der Waals surface area contributed by atoms with Gasteiger partial charge in [0.15, 0.2) is 6.54 Å². The Labute approximate surface area is 155 Å². The Morgan fingerprint density at radius 2 is 1.88 bits per heavy atom. The maximum Gasteiger partial charge on any atom is 0.316 e. The molecule has 0 radical (unpaired) electrons. The second kappa shape index (κ2) is 6.26. The molecular formula is C18H17Cl2N2OS+. The summed E-state index contributed by atoms with van der Waals surface area (Å²) in [7, 11) is 0. The monoisotopic (exact) mass is 379 g/mol. The molecule has 2 aliphatic heterocycles. The van der Waals surface area contributed by atoms with Crippen molar-refractivity contribution in [3.05, 3.63) is 64.1 Å². The van der Waals surface area contributed by atoms with Gasteiger partial charge in [0.25, 0.3) is 5.72 Å². The number of anilines is 1. The van der Waals surface area contributed by atoms with E-state index in [1.54, 1.807) is 23.9 Å². The first kappa shape index (κ1) is 16.3. The van der Waals surface area contributed by atoms with Crippen LogP contribution in [0, 0.1) is 0 Å². The smallest absolute Gasteiger partial charge is 0.316 e. The van der Waals surface area contributed by atoms with Crippen molar-refractivity contribution in [2.45, 2.75) is 12.1 Å². The average Bonchev–Trinajstić information content (AvgIpc) is 2.93. The number of hydrogen-bond donors (Lipinski definition) is 1. The van der Waals surface area contributed by atoms with E-state index in [9.17, 15) is 5.11 Å². The van der Waals surface area contributed by atoms with Crippen LogP contribution in [-0.2, 0) is 5.72 Å². The topological polar surface area (TPSA) is 26.5 Å². The fraction of sp³-hybridized carbons (Fsp3) is 0.278. The van der Waals surface area contributed by atoms with Crippen LogP contribution in [0.25, 0.3) is 0 Å². The van der Waals surface area contributed by atoms with E-state index < -0.39 is 5.72 Å². The highest BCUT2D eigenvalue weighted by Crippen LogP contribution is 2.38. The molecule has 3 nitrogen and oxygen atoms in total. The molecule has 1 N–H and O–H groups in total. The summed E-state index contributed by atoms with van der Waals surface area (Å²) >= 11 is 14.0. The third-order valence-corrected chi connectivity index (χ3v) is 6.42.